The SMILES string of the molecule is CC(C)(C)C(=O)[C@@H]1O[C@H]1/C=C/c1ccccc1. The number of rotatable bonds is 3. The summed E-state index contributed by atoms with van der Waals surface area (Å²) in [7, 11) is 0. The average Bonchev–Trinajstić information content (AvgIpc) is 3.05. The summed E-state index contributed by atoms with van der Waals surface area (Å²) in [6, 6.07) is 10.0. The molecule has 0 unspecified atom stereocenters. The molecule has 1 aliphatic rings. The fourth-order valence-electron chi connectivity index (χ4n) is 1.68. The van der Waals surface area contributed by atoms with Gasteiger partial charge in [0.15, 0.2) is 5.78 Å². The topological polar surface area (TPSA) is 29.6 Å². The van der Waals surface area contributed by atoms with E-state index < -0.39 is 0 Å². The van der Waals surface area contributed by atoms with E-state index in [9.17, 15) is 4.79 Å². The highest BCUT2D eigenvalue weighted by atomic mass is 16.6. The lowest BCUT2D eigenvalue weighted by Crippen LogP contribution is -2.26. The van der Waals surface area contributed by atoms with Crippen LogP contribution < -0.4 is 0 Å². The van der Waals surface area contributed by atoms with Gasteiger partial charge in [0.05, 0.1) is 0 Å². The van der Waals surface area contributed by atoms with E-state index in [0.717, 1.165) is 5.56 Å². The van der Waals surface area contributed by atoms with E-state index in [1.165, 1.54) is 0 Å². The van der Waals surface area contributed by atoms with Crippen molar-refractivity contribution in [3.63, 3.8) is 0 Å². The molecule has 2 heteroatoms. The van der Waals surface area contributed by atoms with Crippen LogP contribution in [0.25, 0.3) is 6.08 Å². The van der Waals surface area contributed by atoms with Crippen molar-refractivity contribution in [1.82, 2.24) is 0 Å². The maximum absolute atomic E-state index is 11.9. The first-order valence-corrected chi connectivity index (χ1v) is 5.91. The molecular weight excluding hydrogens is 212 g/mol. The number of ketones is 1. The van der Waals surface area contributed by atoms with Crippen LogP contribution in [0.15, 0.2) is 36.4 Å². The maximum atomic E-state index is 11.9. The second-order valence-corrected chi connectivity index (χ2v) is 5.41. The lowest BCUT2D eigenvalue weighted by molar-refractivity contribution is -0.127. The molecule has 2 atom stereocenters. The van der Waals surface area contributed by atoms with Gasteiger partial charge in [0.2, 0.25) is 0 Å². The van der Waals surface area contributed by atoms with Crippen LogP contribution >= 0.6 is 0 Å². The molecule has 0 bridgehead atoms. The molecule has 17 heavy (non-hydrogen) atoms. The van der Waals surface area contributed by atoms with Gasteiger partial charge >= 0.3 is 0 Å². The van der Waals surface area contributed by atoms with Crippen molar-refractivity contribution in [3.8, 4) is 0 Å². The van der Waals surface area contributed by atoms with Crippen molar-refractivity contribution >= 4 is 11.9 Å². The number of ether oxygens (including phenoxy) is 1. The van der Waals surface area contributed by atoms with Crippen LogP contribution in [0.3, 0.4) is 0 Å². The second kappa shape index (κ2) is 4.46. The molecule has 1 aromatic rings. The molecule has 1 fully saturated rings. The number of Topliss-reactive ketones (excluding diaryl/α,β-unsaturated/α-hetero) is 1. The number of hydrogen-bond donors (Lipinski definition) is 0. The van der Waals surface area contributed by atoms with Gasteiger partial charge in [0.1, 0.15) is 12.2 Å². The molecule has 0 radical (unpaired) electrons. The summed E-state index contributed by atoms with van der Waals surface area (Å²) in [6.07, 6.45) is 3.68. The van der Waals surface area contributed by atoms with Crippen LogP contribution in [0.2, 0.25) is 0 Å². The molecule has 2 nitrogen and oxygen atoms in total. The number of carbonyl (C=O) groups is 1. The van der Waals surface area contributed by atoms with Crippen molar-refractivity contribution in [2.75, 3.05) is 0 Å². The van der Waals surface area contributed by atoms with Crippen molar-refractivity contribution in [2.45, 2.75) is 33.0 Å². The molecule has 1 aromatic carbocycles. The van der Waals surface area contributed by atoms with Crippen molar-refractivity contribution in [1.29, 1.82) is 0 Å². The van der Waals surface area contributed by atoms with Gasteiger partial charge in [-0.2, -0.15) is 0 Å². The number of hydrogen-bond acceptors (Lipinski definition) is 2. The van der Waals surface area contributed by atoms with Gasteiger partial charge < -0.3 is 4.74 Å². The highest BCUT2D eigenvalue weighted by molar-refractivity contribution is 5.90. The summed E-state index contributed by atoms with van der Waals surface area (Å²) in [5.74, 6) is 0.181. The Morgan fingerprint density at radius 1 is 1.24 bits per heavy atom. The van der Waals surface area contributed by atoms with Crippen LogP contribution in [0, 0.1) is 5.41 Å². The Kier molecular flexibility index (Phi) is 3.16. The molecule has 2 rings (SSSR count). The van der Waals surface area contributed by atoms with E-state index in [-0.39, 0.29) is 23.4 Å². The van der Waals surface area contributed by atoms with E-state index >= 15 is 0 Å². The lowest BCUT2D eigenvalue weighted by atomic mass is 9.88. The minimum atomic E-state index is -0.319. The zero-order chi connectivity index (χ0) is 12.5. The first-order valence-electron chi connectivity index (χ1n) is 5.91. The Morgan fingerprint density at radius 2 is 1.88 bits per heavy atom. The molecule has 1 heterocycles. The second-order valence-electron chi connectivity index (χ2n) is 5.41. The van der Waals surface area contributed by atoms with Gasteiger partial charge in [-0.15, -0.1) is 0 Å². The molecule has 0 amide bonds. The molecule has 1 aliphatic heterocycles. The molecule has 0 spiro atoms. The Bertz CT molecular complexity index is 426. The molecule has 0 saturated carbocycles. The van der Waals surface area contributed by atoms with Crippen LogP contribution in [0.4, 0.5) is 0 Å². The highest BCUT2D eigenvalue weighted by Crippen LogP contribution is 2.31. The van der Waals surface area contributed by atoms with Crippen LogP contribution in [0.5, 0.6) is 0 Å². The molecular formula is C15H18O2. The van der Waals surface area contributed by atoms with Gasteiger partial charge in [-0.3, -0.25) is 4.79 Å². The van der Waals surface area contributed by atoms with Gasteiger partial charge in [-0.25, -0.2) is 0 Å². The van der Waals surface area contributed by atoms with E-state index in [0.29, 0.717) is 0 Å². The maximum Gasteiger partial charge on any atom is 0.169 e. The molecule has 0 aromatic heterocycles. The smallest absolute Gasteiger partial charge is 0.169 e. The minimum Gasteiger partial charge on any atom is -0.357 e. The Morgan fingerprint density at radius 3 is 2.47 bits per heavy atom. The number of carbonyl (C=O) groups excluding carboxylic acids is 1. The van der Waals surface area contributed by atoms with Gasteiger partial charge in [-0.05, 0) is 5.56 Å². The van der Waals surface area contributed by atoms with Crippen LogP contribution in [-0.4, -0.2) is 18.0 Å². The average molecular weight is 230 g/mol. The Balaban J connectivity index is 1.93. The summed E-state index contributed by atoms with van der Waals surface area (Å²) in [5.41, 5.74) is 0.810. The monoisotopic (exact) mass is 230 g/mol. The standard InChI is InChI=1S/C15H18O2/c1-15(2,3)14(16)13-12(17-13)10-9-11-7-5-4-6-8-11/h4-10,12-13H,1-3H3/b10-9+/t12-,13+/m0/s1. The summed E-state index contributed by atoms with van der Waals surface area (Å²) < 4.78 is 5.39. The Hall–Kier alpha value is -1.41. The first kappa shape index (κ1) is 12.1. The fourth-order valence-corrected chi connectivity index (χ4v) is 1.68. The predicted molar refractivity (Wildman–Crippen MR) is 68.6 cm³/mol. The predicted octanol–water partition coefficient (Wildman–Crippen LogP) is 3.08. The molecule has 1 saturated heterocycles. The number of benzene rings is 1. The minimum absolute atomic E-state index is 0.0399. The van der Waals surface area contributed by atoms with E-state index in [1.807, 2.05) is 63.3 Å². The normalized spacial score (nSPS) is 23.9. The Labute approximate surface area is 102 Å². The third-order valence-corrected chi connectivity index (χ3v) is 2.80. The summed E-state index contributed by atoms with van der Waals surface area (Å²) >= 11 is 0. The molecule has 0 N–H and O–H groups in total. The van der Waals surface area contributed by atoms with Crippen molar-refractivity contribution in [2.24, 2.45) is 5.41 Å². The zero-order valence-corrected chi connectivity index (χ0v) is 10.5. The first-order chi connectivity index (χ1) is 7.98. The van der Waals surface area contributed by atoms with E-state index in [2.05, 4.69) is 0 Å². The van der Waals surface area contributed by atoms with E-state index in [4.69, 9.17) is 4.74 Å². The van der Waals surface area contributed by atoms with Gasteiger partial charge in [0, 0.05) is 5.41 Å². The largest absolute Gasteiger partial charge is 0.357 e. The summed E-state index contributed by atoms with van der Waals surface area (Å²) in [6.45, 7) is 5.78. The van der Waals surface area contributed by atoms with Crippen LogP contribution in [-0.2, 0) is 9.53 Å². The lowest BCUT2D eigenvalue weighted by Gasteiger charge is -2.14. The quantitative estimate of drug-likeness (QED) is 0.747. The zero-order valence-electron chi connectivity index (χ0n) is 10.5. The van der Waals surface area contributed by atoms with Crippen molar-refractivity contribution in [3.05, 3.63) is 42.0 Å². The fraction of sp³-hybridized carbons (Fsp3) is 0.400. The highest BCUT2D eigenvalue weighted by Gasteiger charge is 2.46. The van der Waals surface area contributed by atoms with E-state index in [1.54, 1.807) is 0 Å². The summed E-state index contributed by atoms with van der Waals surface area (Å²) in [4.78, 5) is 11.9. The third kappa shape index (κ3) is 3.04. The summed E-state index contributed by atoms with van der Waals surface area (Å²) in [5, 5.41) is 0. The molecule has 0 aliphatic carbocycles. The third-order valence-electron chi connectivity index (χ3n) is 2.80. The van der Waals surface area contributed by atoms with Crippen LogP contribution in [0.1, 0.15) is 26.3 Å². The molecule has 90 valence electrons. The van der Waals surface area contributed by atoms with Crippen molar-refractivity contribution < 1.29 is 9.53 Å². The van der Waals surface area contributed by atoms with Gasteiger partial charge in [0.25, 0.3) is 0 Å². The number of epoxide rings is 1. The van der Waals surface area contributed by atoms with Gasteiger partial charge in [-0.1, -0.05) is 63.3 Å².